The fourth-order valence-electron chi connectivity index (χ4n) is 4.56. The zero-order valence-corrected chi connectivity index (χ0v) is 24.2. The molecule has 1 aliphatic rings. The Balaban J connectivity index is 1.63. The molecule has 0 spiro atoms. The zero-order chi connectivity index (χ0) is 27.8. The van der Waals surface area contributed by atoms with E-state index in [0.717, 1.165) is 11.1 Å². The summed E-state index contributed by atoms with van der Waals surface area (Å²) in [5.74, 6) is 0.874. The van der Waals surface area contributed by atoms with Crippen LogP contribution >= 0.6 is 34.5 Å². The number of fused-ring (bicyclic) bond motifs is 1. The summed E-state index contributed by atoms with van der Waals surface area (Å²) in [5.41, 5.74) is 3.23. The number of esters is 1. The number of halogens is 2. The van der Waals surface area contributed by atoms with Crippen molar-refractivity contribution in [3.05, 3.63) is 112 Å². The Morgan fingerprint density at radius 2 is 1.90 bits per heavy atom. The van der Waals surface area contributed by atoms with E-state index in [1.807, 2.05) is 24.3 Å². The van der Waals surface area contributed by atoms with Crippen LogP contribution in [-0.4, -0.2) is 17.1 Å². The highest BCUT2D eigenvalue weighted by Gasteiger charge is 2.33. The predicted octanol–water partition coefficient (Wildman–Crippen LogP) is 6.49. The van der Waals surface area contributed by atoms with Gasteiger partial charge in [-0.25, -0.2) is 9.79 Å². The van der Waals surface area contributed by atoms with Gasteiger partial charge in [-0.1, -0.05) is 72.7 Å². The molecule has 0 N–H and O–H groups in total. The van der Waals surface area contributed by atoms with E-state index >= 15 is 0 Å². The van der Waals surface area contributed by atoms with Gasteiger partial charge in [0.05, 0.1) is 33.5 Å². The van der Waals surface area contributed by atoms with E-state index in [1.165, 1.54) is 11.3 Å². The largest absolute Gasteiger partial charge is 0.463 e. The maximum Gasteiger partial charge on any atom is 0.338 e. The van der Waals surface area contributed by atoms with Gasteiger partial charge in [-0.15, -0.1) is 0 Å². The van der Waals surface area contributed by atoms with Crippen molar-refractivity contribution in [2.45, 2.75) is 39.7 Å². The molecule has 0 unspecified atom stereocenters. The monoisotopic (exact) mass is 580 g/mol. The van der Waals surface area contributed by atoms with E-state index in [2.05, 4.69) is 18.8 Å². The molecule has 2 aromatic heterocycles. The third-order valence-corrected chi connectivity index (χ3v) is 8.08. The first-order chi connectivity index (χ1) is 18.7. The second-order valence-electron chi connectivity index (χ2n) is 9.45. The Bertz CT molecular complexity index is 1780. The molecule has 0 bridgehead atoms. The minimum absolute atomic E-state index is 0.219. The number of allylic oxidation sites excluding steroid dienone is 1. The quantitative estimate of drug-likeness (QED) is 0.244. The number of nitrogens with zero attached hydrogens (tertiary/aromatic N) is 2. The van der Waals surface area contributed by atoms with E-state index in [-0.39, 0.29) is 12.2 Å². The van der Waals surface area contributed by atoms with Crippen molar-refractivity contribution >= 4 is 46.6 Å². The highest BCUT2D eigenvalue weighted by Crippen LogP contribution is 2.33. The Kier molecular flexibility index (Phi) is 7.67. The molecule has 6 nitrogen and oxygen atoms in total. The van der Waals surface area contributed by atoms with Crippen LogP contribution < -0.4 is 14.9 Å². The van der Waals surface area contributed by atoms with Gasteiger partial charge in [0.25, 0.3) is 5.56 Å². The summed E-state index contributed by atoms with van der Waals surface area (Å²) in [6, 6.07) is 16.0. The average Bonchev–Trinajstić information content (AvgIpc) is 3.49. The molecule has 0 fully saturated rings. The highest BCUT2D eigenvalue weighted by atomic mass is 35.5. The fourth-order valence-corrected chi connectivity index (χ4v) is 5.97. The van der Waals surface area contributed by atoms with Gasteiger partial charge in [0, 0.05) is 16.7 Å². The maximum absolute atomic E-state index is 13.8. The van der Waals surface area contributed by atoms with Crippen molar-refractivity contribution in [1.29, 1.82) is 0 Å². The third kappa shape index (κ3) is 5.26. The van der Waals surface area contributed by atoms with Crippen molar-refractivity contribution in [2.24, 2.45) is 4.99 Å². The number of aromatic nitrogens is 1. The van der Waals surface area contributed by atoms with Crippen LogP contribution in [0.1, 0.15) is 56.5 Å². The number of benzene rings is 2. The first-order valence-electron chi connectivity index (χ1n) is 12.5. The topological polar surface area (TPSA) is 73.8 Å². The van der Waals surface area contributed by atoms with Gasteiger partial charge in [-0.2, -0.15) is 0 Å². The lowest BCUT2D eigenvalue weighted by Gasteiger charge is -2.25. The molecule has 200 valence electrons. The molecule has 2 aromatic carbocycles. The van der Waals surface area contributed by atoms with E-state index in [1.54, 1.807) is 54.8 Å². The molecule has 0 saturated carbocycles. The van der Waals surface area contributed by atoms with Gasteiger partial charge in [0.1, 0.15) is 11.5 Å². The lowest BCUT2D eigenvalue weighted by molar-refractivity contribution is -0.139. The Morgan fingerprint density at radius 1 is 1.15 bits per heavy atom. The average molecular weight is 582 g/mol. The highest BCUT2D eigenvalue weighted by molar-refractivity contribution is 7.07. The number of hydrogen-bond acceptors (Lipinski definition) is 6. The molecule has 0 amide bonds. The molecule has 1 atom stereocenters. The molecular weight excluding hydrogens is 555 g/mol. The molecule has 0 radical (unpaired) electrons. The Morgan fingerprint density at radius 3 is 2.59 bits per heavy atom. The summed E-state index contributed by atoms with van der Waals surface area (Å²) in [6.45, 7) is 7.98. The number of furan rings is 1. The zero-order valence-electron chi connectivity index (χ0n) is 21.8. The molecule has 5 rings (SSSR count). The summed E-state index contributed by atoms with van der Waals surface area (Å²) in [7, 11) is 0. The summed E-state index contributed by atoms with van der Waals surface area (Å²) in [4.78, 5) is 32.0. The third-order valence-electron chi connectivity index (χ3n) is 6.53. The van der Waals surface area contributed by atoms with Crippen LogP contribution in [0.5, 0.6) is 0 Å². The molecule has 0 aliphatic carbocycles. The lowest BCUT2D eigenvalue weighted by atomic mass is 9.93. The van der Waals surface area contributed by atoms with Crippen molar-refractivity contribution in [2.75, 3.05) is 6.61 Å². The van der Waals surface area contributed by atoms with Crippen LogP contribution in [0.2, 0.25) is 10.0 Å². The fraction of sp³-hybridized carbons (Fsp3) is 0.233. The minimum Gasteiger partial charge on any atom is -0.463 e. The van der Waals surface area contributed by atoms with Crippen molar-refractivity contribution in [3.63, 3.8) is 0 Å². The Labute approximate surface area is 239 Å². The van der Waals surface area contributed by atoms with E-state index < -0.39 is 12.0 Å². The molecule has 9 heteroatoms. The first-order valence-corrected chi connectivity index (χ1v) is 14.1. The predicted molar refractivity (Wildman–Crippen MR) is 155 cm³/mol. The van der Waals surface area contributed by atoms with Crippen molar-refractivity contribution in [3.8, 4) is 11.3 Å². The van der Waals surface area contributed by atoms with Crippen molar-refractivity contribution in [1.82, 2.24) is 4.57 Å². The minimum atomic E-state index is -0.666. The molecular formula is C30H26Cl2N2O4S. The molecule has 0 saturated heterocycles. The standard InChI is InChI=1S/C30H26Cl2N2O4S/c1-5-37-29(36)26-17(4)33-30-34(27(26)19-8-6-18(7-9-19)16(2)3)28(35)25(39-30)15-21-11-13-24(38-21)22-14-20(31)10-12-23(22)32/h6-16,27H,5H2,1-4H3/b25-15-/t27-/m0/s1. The van der Waals surface area contributed by atoms with Gasteiger partial charge in [0.2, 0.25) is 0 Å². The molecule has 4 aromatic rings. The summed E-state index contributed by atoms with van der Waals surface area (Å²) < 4.78 is 13.4. The van der Waals surface area contributed by atoms with E-state index in [4.69, 9.17) is 32.4 Å². The van der Waals surface area contributed by atoms with Crippen LogP contribution in [0.4, 0.5) is 0 Å². The van der Waals surface area contributed by atoms with Crippen LogP contribution in [0.25, 0.3) is 17.4 Å². The number of hydrogen-bond donors (Lipinski definition) is 0. The van der Waals surface area contributed by atoms with Gasteiger partial charge in [-0.3, -0.25) is 9.36 Å². The van der Waals surface area contributed by atoms with Crippen LogP contribution in [-0.2, 0) is 9.53 Å². The van der Waals surface area contributed by atoms with Gasteiger partial charge < -0.3 is 9.15 Å². The maximum atomic E-state index is 13.8. The first kappa shape index (κ1) is 27.2. The summed E-state index contributed by atoms with van der Waals surface area (Å²) in [6.07, 6.45) is 1.67. The molecule has 1 aliphatic heterocycles. The van der Waals surface area contributed by atoms with Gasteiger partial charge >= 0.3 is 5.97 Å². The van der Waals surface area contributed by atoms with Crippen LogP contribution in [0.15, 0.2) is 80.1 Å². The second kappa shape index (κ2) is 11.0. The second-order valence-corrected chi connectivity index (χ2v) is 11.3. The van der Waals surface area contributed by atoms with E-state index in [9.17, 15) is 9.59 Å². The smallest absolute Gasteiger partial charge is 0.338 e. The summed E-state index contributed by atoms with van der Waals surface area (Å²) >= 11 is 13.7. The number of ether oxygens (including phenoxy) is 1. The summed E-state index contributed by atoms with van der Waals surface area (Å²) in [5, 5.41) is 1.04. The Hall–Kier alpha value is -3.39. The number of carbonyl (C=O) groups excluding carboxylic acids is 1. The van der Waals surface area contributed by atoms with Crippen LogP contribution in [0.3, 0.4) is 0 Å². The SMILES string of the molecule is CCOC(=O)C1=C(C)N=c2s/c(=C\c3ccc(-c4cc(Cl)ccc4Cl)o3)c(=O)n2[C@H]1c1ccc(C(C)C)cc1. The lowest BCUT2D eigenvalue weighted by Crippen LogP contribution is -2.39. The van der Waals surface area contributed by atoms with Crippen molar-refractivity contribution < 1.29 is 13.9 Å². The number of thiazole rings is 1. The van der Waals surface area contributed by atoms with Gasteiger partial charge in [0.15, 0.2) is 4.80 Å². The normalized spacial score (nSPS) is 15.5. The van der Waals surface area contributed by atoms with Crippen LogP contribution in [0, 0.1) is 0 Å². The van der Waals surface area contributed by atoms with E-state index in [0.29, 0.717) is 53.7 Å². The molecule has 3 heterocycles. The molecule has 39 heavy (non-hydrogen) atoms. The number of carbonyl (C=O) groups is 1. The van der Waals surface area contributed by atoms with Gasteiger partial charge in [-0.05, 0) is 61.2 Å². The number of rotatable bonds is 6.